The number of rotatable bonds is 8. The second-order valence-corrected chi connectivity index (χ2v) is 5.20. The highest BCUT2D eigenvalue weighted by Gasteiger charge is 2.20. The van der Waals surface area contributed by atoms with Crippen LogP contribution in [0.1, 0.15) is 25.3 Å². The van der Waals surface area contributed by atoms with E-state index in [9.17, 15) is 0 Å². The van der Waals surface area contributed by atoms with Gasteiger partial charge in [0, 0.05) is 19.7 Å². The van der Waals surface area contributed by atoms with Gasteiger partial charge in [-0.2, -0.15) is 0 Å². The van der Waals surface area contributed by atoms with Crippen molar-refractivity contribution in [1.82, 2.24) is 5.32 Å². The van der Waals surface area contributed by atoms with Crippen molar-refractivity contribution in [1.29, 1.82) is 0 Å². The summed E-state index contributed by atoms with van der Waals surface area (Å²) in [5, 5.41) is 15.5. The lowest BCUT2D eigenvalue weighted by Crippen LogP contribution is -2.42. The van der Waals surface area contributed by atoms with Crippen LogP contribution in [0.2, 0.25) is 0 Å². The number of methoxy groups -OCH3 is 1. The van der Waals surface area contributed by atoms with Gasteiger partial charge in [-0.25, -0.2) is 0 Å². The van der Waals surface area contributed by atoms with E-state index in [2.05, 4.69) is 24.3 Å². The van der Waals surface area contributed by atoms with Gasteiger partial charge in [0.2, 0.25) is 0 Å². The van der Waals surface area contributed by atoms with Crippen LogP contribution in [0, 0.1) is 5.92 Å². The summed E-state index contributed by atoms with van der Waals surface area (Å²) < 4.78 is 5.22. The fraction of sp³-hybridized carbons (Fsp3) is 0.533. The molecular formula is C15H25N3O2. The zero-order chi connectivity index (χ0) is 15.0. The molecule has 0 aromatic heterocycles. The molecule has 112 valence electrons. The smallest absolute Gasteiger partial charge is 0.147 e. The van der Waals surface area contributed by atoms with Crippen LogP contribution >= 0.6 is 0 Å². The molecule has 0 aliphatic heterocycles. The molecular weight excluding hydrogens is 254 g/mol. The van der Waals surface area contributed by atoms with Crippen LogP contribution in [-0.2, 0) is 4.74 Å². The van der Waals surface area contributed by atoms with Crippen molar-refractivity contribution in [2.45, 2.75) is 25.8 Å². The lowest BCUT2D eigenvalue weighted by molar-refractivity contribution is 0.147. The minimum absolute atomic E-state index is 0.153. The molecule has 0 saturated carbocycles. The number of nitrogens with two attached hydrogens (primary N) is 1. The Morgan fingerprint density at radius 2 is 2.00 bits per heavy atom. The molecule has 1 aromatic rings. The van der Waals surface area contributed by atoms with E-state index in [1.165, 1.54) is 0 Å². The topological polar surface area (TPSA) is 79.9 Å². The Hall–Kier alpha value is -1.59. The maximum absolute atomic E-state index is 8.95. The summed E-state index contributed by atoms with van der Waals surface area (Å²) in [5.74, 6) is 0.501. The molecule has 0 saturated heterocycles. The second-order valence-electron chi connectivity index (χ2n) is 5.20. The van der Waals surface area contributed by atoms with Gasteiger partial charge in [0.25, 0.3) is 0 Å². The summed E-state index contributed by atoms with van der Waals surface area (Å²) in [5.41, 5.74) is 6.84. The SMILES string of the molecule is COCC(NCC(C(N)=NO)c1ccccc1)C(C)C. The molecule has 2 unspecified atom stereocenters. The maximum Gasteiger partial charge on any atom is 0.147 e. The summed E-state index contributed by atoms with van der Waals surface area (Å²) in [6.07, 6.45) is 0. The Labute approximate surface area is 120 Å². The van der Waals surface area contributed by atoms with Crippen molar-refractivity contribution in [3.05, 3.63) is 35.9 Å². The van der Waals surface area contributed by atoms with Gasteiger partial charge in [-0.05, 0) is 11.5 Å². The summed E-state index contributed by atoms with van der Waals surface area (Å²) in [7, 11) is 1.69. The average Bonchev–Trinajstić information content (AvgIpc) is 2.46. The average molecular weight is 279 g/mol. The Kier molecular flexibility index (Phi) is 7.04. The van der Waals surface area contributed by atoms with Crippen molar-refractivity contribution in [2.24, 2.45) is 16.8 Å². The van der Waals surface area contributed by atoms with Crippen LogP contribution < -0.4 is 11.1 Å². The van der Waals surface area contributed by atoms with Crippen LogP contribution in [0.15, 0.2) is 35.5 Å². The summed E-state index contributed by atoms with van der Waals surface area (Å²) in [4.78, 5) is 0. The van der Waals surface area contributed by atoms with Crippen molar-refractivity contribution in [3.63, 3.8) is 0 Å². The first-order valence-corrected chi connectivity index (χ1v) is 6.84. The molecule has 0 fully saturated rings. The zero-order valence-electron chi connectivity index (χ0n) is 12.4. The van der Waals surface area contributed by atoms with E-state index in [0.717, 1.165) is 5.56 Å². The molecule has 0 heterocycles. The monoisotopic (exact) mass is 279 g/mol. The number of nitrogens with zero attached hydrogens (tertiary/aromatic N) is 1. The summed E-state index contributed by atoms with van der Waals surface area (Å²) in [6.45, 7) is 5.51. The highest BCUT2D eigenvalue weighted by atomic mass is 16.5. The van der Waals surface area contributed by atoms with Crippen LogP contribution in [0.25, 0.3) is 0 Å². The normalized spacial score (nSPS) is 15.3. The third-order valence-corrected chi connectivity index (χ3v) is 3.41. The van der Waals surface area contributed by atoms with E-state index < -0.39 is 0 Å². The van der Waals surface area contributed by atoms with E-state index in [1.807, 2.05) is 30.3 Å². The Balaban J connectivity index is 2.76. The third kappa shape index (κ3) is 4.83. The molecule has 2 atom stereocenters. The van der Waals surface area contributed by atoms with Gasteiger partial charge in [-0.3, -0.25) is 0 Å². The molecule has 5 nitrogen and oxygen atoms in total. The van der Waals surface area contributed by atoms with Crippen molar-refractivity contribution in [2.75, 3.05) is 20.3 Å². The molecule has 1 aromatic carbocycles. The standard InChI is InChI=1S/C15H25N3O2/c1-11(2)14(10-20-3)17-9-13(15(16)18-19)12-7-5-4-6-8-12/h4-8,11,13-14,17,19H,9-10H2,1-3H3,(H2,16,18). The second kappa shape index (κ2) is 8.55. The van der Waals surface area contributed by atoms with Gasteiger partial charge in [0.05, 0.1) is 12.5 Å². The highest BCUT2D eigenvalue weighted by Crippen LogP contribution is 2.15. The molecule has 0 amide bonds. The predicted octanol–water partition coefficient (Wildman–Crippen LogP) is 1.78. The first kappa shape index (κ1) is 16.5. The van der Waals surface area contributed by atoms with Gasteiger partial charge in [-0.1, -0.05) is 49.3 Å². The number of ether oxygens (including phenoxy) is 1. The number of nitrogens with one attached hydrogen (secondary N) is 1. The number of hydrogen-bond acceptors (Lipinski definition) is 4. The third-order valence-electron chi connectivity index (χ3n) is 3.41. The molecule has 0 bridgehead atoms. The molecule has 4 N–H and O–H groups in total. The van der Waals surface area contributed by atoms with E-state index >= 15 is 0 Å². The van der Waals surface area contributed by atoms with E-state index in [-0.39, 0.29) is 17.8 Å². The minimum atomic E-state index is -0.153. The number of oxime groups is 1. The van der Waals surface area contributed by atoms with Gasteiger partial charge in [0.1, 0.15) is 5.84 Å². The quantitative estimate of drug-likeness (QED) is 0.293. The van der Waals surface area contributed by atoms with Gasteiger partial charge >= 0.3 is 0 Å². The molecule has 5 heteroatoms. The Morgan fingerprint density at radius 3 is 2.50 bits per heavy atom. The predicted molar refractivity (Wildman–Crippen MR) is 81.1 cm³/mol. The maximum atomic E-state index is 8.95. The zero-order valence-corrected chi connectivity index (χ0v) is 12.4. The summed E-state index contributed by atoms with van der Waals surface area (Å²) in [6, 6.07) is 10.0. The highest BCUT2D eigenvalue weighted by molar-refractivity contribution is 5.87. The molecule has 0 spiro atoms. The molecule has 0 aliphatic carbocycles. The van der Waals surface area contributed by atoms with E-state index in [4.69, 9.17) is 15.7 Å². The van der Waals surface area contributed by atoms with E-state index in [1.54, 1.807) is 7.11 Å². The van der Waals surface area contributed by atoms with Crippen LogP contribution in [-0.4, -0.2) is 37.3 Å². The van der Waals surface area contributed by atoms with Gasteiger partial charge < -0.3 is 21.0 Å². The first-order valence-electron chi connectivity index (χ1n) is 6.84. The van der Waals surface area contributed by atoms with Crippen LogP contribution in [0.3, 0.4) is 0 Å². The summed E-state index contributed by atoms with van der Waals surface area (Å²) >= 11 is 0. The van der Waals surface area contributed by atoms with Crippen molar-refractivity contribution in [3.8, 4) is 0 Å². The van der Waals surface area contributed by atoms with Gasteiger partial charge in [-0.15, -0.1) is 0 Å². The van der Waals surface area contributed by atoms with Crippen LogP contribution in [0.5, 0.6) is 0 Å². The fourth-order valence-electron chi connectivity index (χ4n) is 2.08. The minimum Gasteiger partial charge on any atom is -0.409 e. The van der Waals surface area contributed by atoms with Crippen molar-refractivity contribution < 1.29 is 9.94 Å². The molecule has 0 radical (unpaired) electrons. The fourth-order valence-corrected chi connectivity index (χ4v) is 2.08. The first-order chi connectivity index (χ1) is 9.60. The Morgan fingerprint density at radius 1 is 1.35 bits per heavy atom. The largest absolute Gasteiger partial charge is 0.409 e. The van der Waals surface area contributed by atoms with E-state index in [0.29, 0.717) is 19.1 Å². The van der Waals surface area contributed by atoms with Crippen molar-refractivity contribution >= 4 is 5.84 Å². The lowest BCUT2D eigenvalue weighted by atomic mass is 9.96. The number of hydrogen-bond donors (Lipinski definition) is 3. The van der Waals surface area contributed by atoms with Crippen LogP contribution in [0.4, 0.5) is 0 Å². The Bertz CT molecular complexity index is 407. The number of benzene rings is 1. The lowest BCUT2D eigenvalue weighted by Gasteiger charge is -2.25. The molecule has 0 aliphatic rings. The van der Waals surface area contributed by atoms with Gasteiger partial charge in [0.15, 0.2) is 0 Å². The molecule has 1 rings (SSSR count). The number of amidine groups is 1. The molecule has 20 heavy (non-hydrogen) atoms.